The van der Waals surface area contributed by atoms with Gasteiger partial charge in [-0.1, -0.05) is 6.92 Å². The van der Waals surface area contributed by atoms with Crippen molar-refractivity contribution >= 4 is 5.82 Å². The molecule has 0 saturated heterocycles. The lowest BCUT2D eigenvalue weighted by molar-refractivity contribution is 0.499. The molecule has 0 aliphatic heterocycles. The molecule has 0 aliphatic carbocycles. The molecule has 0 aromatic carbocycles. The fourth-order valence-electron chi connectivity index (χ4n) is 2.33. The van der Waals surface area contributed by atoms with Gasteiger partial charge in [0.2, 0.25) is 0 Å². The van der Waals surface area contributed by atoms with E-state index in [1.165, 1.54) is 0 Å². The normalized spacial score (nSPS) is 12.4. The van der Waals surface area contributed by atoms with Crippen LogP contribution in [0.3, 0.4) is 0 Å². The zero-order chi connectivity index (χ0) is 14.7. The summed E-state index contributed by atoms with van der Waals surface area (Å²) in [6, 6.07) is 1.96. The van der Waals surface area contributed by atoms with Gasteiger partial charge in [-0.25, -0.2) is 4.98 Å². The highest BCUT2D eigenvalue weighted by Crippen LogP contribution is 2.23. The zero-order valence-corrected chi connectivity index (χ0v) is 12.4. The molecule has 1 atom stereocenters. The first-order chi connectivity index (χ1) is 9.52. The molecule has 0 fully saturated rings. The molecule has 2 rings (SSSR count). The summed E-state index contributed by atoms with van der Waals surface area (Å²) in [6.45, 7) is 8.58. The van der Waals surface area contributed by atoms with E-state index in [0.717, 1.165) is 23.5 Å². The maximum Gasteiger partial charge on any atom is 0.293 e. The van der Waals surface area contributed by atoms with E-state index in [4.69, 9.17) is 4.42 Å². The summed E-state index contributed by atoms with van der Waals surface area (Å²) in [7, 11) is 0. The summed E-state index contributed by atoms with van der Waals surface area (Å²) in [5.41, 5.74) is 0.966. The van der Waals surface area contributed by atoms with Gasteiger partial charge in [0.15, 0.2) is 5.82 Å². The summed E-state index contributed by atoms with van der Waals surface area (Å²) in [4.78, 5) is 16.4. The Kier molecular flexibility index (Phi) is 4.27. The largest absolute Gasteiger partial charge is 0.466 e. The van der Waals surface area contributed by atoms with Crippen LogP contribution in [-0.4, -0.2) is 9.55 Å². The number of nitrogens with zero attached hydrogens (tertiary/aromatic N) is 2. The van der Waals surface area contributed by atoms with Gasteiger partial charge in [-0.15, -0.1) is 0 Å². The first-order valence-electron chi connectivity index (χ1n) is 6.91. The minimum absolute atomic E-state index is 0.0230. The summed E-state index contributed by atoms with van der Waals surface area (Å²) in [5.74, 6) is 2.12. The van der Waals surface area contributed by atoms with E-state index in [-0.39, 0.29) is 11.6 Å². The van der Waals surface area contributed by atoms with Crippen LogP contribution in [0, 0.1) is 13.8 Å². The second-order valence-electron chi connectivity index (χ2n) is 5.01. The molecule has 1 unspecified atom stereocenters. The van der Waals surface area contributed by atoms with Crippen molar-refractivity contribution in [3.63, 3.8) is 0 Å². The Balaban J connectivity index is 2.24. The third kappa shape index (κ3) is 2.92. The van der Waals surface area contributed by atoms with Gasteiger partial charge in [-0.05, 0) is 33.3 Å². The quantitative estimate of drug-likeness (QED) is 0.911. The van der Waals surface area contributed by atoms with Gasteiger partial charge in [0.05, 0.1) is 6.04 Å². The molecule has 0 bridgehead atoms. The molecule has 2 heterocycles. The molecule has 0 amide bonds. The van der Waals surface area contributed by atoms with Crippen molar-refractivity contribution in [2.75, 3.05) is 5.32 Å². The average Bonchev–Trinajstić information content (AvgIpc) is 2.73. The van der Waals surface area contributed by atoms with Gasteiger partial charge in [0.25, 0.3) is 5.56 Å². The number of aromatic nitrogens is 2. The highest BCUT2D eigenvalue weighted by atomic mass is 16.3. The van der Waals surface area contributed by atoms with Crippen molar-refractivity contribution in [2.24, 2.45) is 0 Å². The first kappa shape index (κ1) is 14.4. The molecule has 0 saturated carbocycles. The topological polar surface area (TPSA) is 60.1 Å². The van der Waals surface area contributed by atoms with Crippen molar-refractivity contribution in [2.45, 2.75) is 46.7 Å². The molecule has 108 valence electrons. The number of hydrogen-bond donors (Lipinski definition) is 1. The smallest absolute Gasteiger partial charge is 0.293 e. The molecule has 5 nitrogen and oxygen atoms in total. The van der Waals surface area contributed by atoms with Gasteiger partial charge < -0.3 is 14.3 Å². The summed E-state index contributed by atoms with van der Waals surface area (Å²) < 4.78 is 7.20. The fraction of sp³-hybridized carbons (Fsp3) is 0.467. The maximum atomic E-state index is 12.2. The number of nitrogens with one attached hydrogen (secondary N) is 1. The Morgan fingerprint density at radius 2 is 2.20 bits per heavy atom. The third-order valence-corrected chi connectivity index (χ3v) is 3.28. The number of anilines is 1. The minimum atomic E-state index is -0.0842. The zero-order valence-electron chi connectivity index (χ0n) is 12.4. The summed E-state index contributed by atoms with van der Waals surface area (Å²) in [6.07, 6.45) is 4.29. The van der Waals surface area contributed by atoms with Crippen LogP contribution in [0.15, 0.2) is 27.7 Å². The maximum absolute atomic E-state index is 12.2. The molecule has 1 N–H and O–H groups in total. The van der Waals surface area contributed by atoms with Gasteiger partial charge in [0.1, 0.15) is 11.5 Å². The highest BCUT2D eigenvalue weighted by Gasteiger charge is 2.15. The van der Waals surface area contributed by atoms with E-state index in [2.05, 4.69) is 10.3 Å². The Morgan fingerprint density at radius 3 is 2.80 bits per heavy atom. The van der Waals surface area contributed by atoms with Crippen LogP contribution in [-0.2, 0) is 6.54 Å². The van der Waals surface area contributed by atoms with Crippen LogP contribution < -0.4 is 10.9 Å². The molecule has 20 heavy (non-hydrogen) atoms. The molecule has 0 radical (unpaired) electrons. The minimum Gasteiger partial charge on any atom is -0.466 e. The van der Waals surface area contributed by atoms with Crippen molar-refractivity contribution in [3.8, 4) is 0 Å². The van der Waals surface area contributed by atoms with E-state index in [0.29, 0.717) is 12.4 Å². The van der Waals surface area contributed by atoms with Gasteiger partial charge in [-0.2, -0.15) is 0 Å². The molecular formula is C15H21N3O2. The number of aryl methyl sites for hydroxylation is 3. The Bertz CT molecular complexity index is 643. The lowest BCUT2D eigenvalue weighted by Crippen LogP contribution is -2.25. The second-order valence-corrected chi connectivity index (χ2v) is 5.01. The van der Waals surface area contributed by atoms with E-state index >= 15 is 0 Å². The average molecular weight is 275 g/mol. The number of furan rings is 1. The predicted molar refractivity (Wildman–Crippen MR) is 79.0 cm³/mol. The lowest BCUT2D eigenvalue weighted by Gasteiger charge is -2.14. The monoisotopic (exact) mass is 275 g/mol. The van der Waals surface area contributed by atoms with E-state index in [1.54, 1.807) is 17.0 Å². The molecule has 0 aliphatic rings. The summed E-state index contributed by atoms with van der Waals surface area (Å²) in [5, 5.41) is 3.17. The van der Waals surface area contributed by atoms with E-state index < -0.39 is 0 Å². The van der Waals surface area contributed by atoms with Crippen LogP contribution in [0.25, 0.3) is 0 Å². The van der Waals surface area contributed by atoms with Crippen LogP contribution in [0.5, 0.6) is 0 Å². The fourth-order valence-corrected chi connectivity index (χ4v) is 2.33. The van der Waals surface area contributed by atoms with Crippen molar-refractivity contribution < 1.29 is 4.42 Å². The van der Waals surface area contributed by atoms with Crippen LogP contribution in [0.4, 0.5) is 5.82 Å². The van der Waals surface area contributed by atoms with Crippen molar-refractivity contribution in [1.29, 1.82) is 0 Å². The molecule has 2 aromatic heterocycles. The van der Waals surface area contributed by atoms with Crippen LogP contribution >= 0.6 is 0 Å². The van der Waals surface area contributed by atoms with Crippen LogP contribution in [0.1, 0.15) is 43.4 Å². The highest BCUT2D eigenvalue weighted by molar-refractivity contribution is 5.37. The molecule has 2 aromatic rings. The summed E-state index contributed by atoms with van der Waals surface area (Å²) >= 11 is 0. The van der Waals surface area contributed by atoms with Crippen molar-refractivity contribution in [1.82, 2.24) is 9.55 Å². The number of hydrogen-bond acceptors (Lipinski definition) is 4. The number of rotatable bonds is 5. The molecule has 0 spiro atoms. The predicted octanol–water partition coefficient (Wildman–Crippen LogP) is 3.04. The molecule has 5 heteroatoms. The van der Waals surface area contributed by atoms with Crippen LogP contribution in [0.2, 0.25) is 0 Å². The lowest BCUT2D eigenvalue weighted by atomic mass is 10.1. The van der Waals surface area contributed by atoms with Gasteiger partial charge in [-0.3, -0.25) is 4.79 Å². The first-order valence-corrected chi connectivity index (χ1v) is 6.91. The standard InChI is InChI=1S/C15H21N3O2/c1-5-7-18-8-6-16-14(15(18)19)17-11(3)13-9-10(2)20-12(13)4/h6,8-9,11H,5,7H2,1-4H3,(H,16,17). The van der Waals surface area contributed by atoms with Gasteiger partial charge in [0, 0.05) is 24.5 Å². The SMILES string of the molecule is CCCn1ccnc(NC(C)c2cc(C)oc2C)c1=O. The Hall–Kier alpha value is -2.04. The Labute approximate surface area is 118 Å². The van der Waals surface area contributed by atoms with Crippen molar-refractivity contribution in [3.05, 3.63) is 45.9 Å². The second kappa shape index (κ2) is 5.94. The Morgan fingerprint density at radius 1 is 1.45 bits per heavy atom. The third-order valence-electron chi connectivity index (χ3n) is 3.28. The van der Waals surface area contributed by atoms with E-state index in [9.17, 15) is 4.79 Å². The molecular weight excluding hydrogens is 254 g/mol. The van der Waals surface area contributed by atoms with Gasteiger partial charge >= 0.3 is 0 Å². The van der Waals surface area contributed by atoms with E-state index in [1.807, 2.05) is 33.8 Å².